The third-order valence-electron chi connectivity index (χ3n) is 8.29. The Morgan fingerprint density at radius 3 is 2.61 bits per heavy atom. The number of ketones is 1. The summed E-state index contributed by atoms with van der Waals surface area (Å²) in [5, 5.41) is 20.1. The minimum atomic E-state index is -0.599. The summed E-state index contributed by atoms with van der Waals surface area (Å²) in [4.78, 5) is 13.3. The average molecular weight is 318 g/mol. The minimum absolute atomic E-state index is 0.0609. The molecule has 5 atom stereocenters. The molecule has 4 saturated carbocycles. The van der Waals surface area contributed by atoms with E-state index in [1.165, 1.54) is 18.4 Å². The van der Waals surface area contributed by atoms with Gasteiger partial charge in [-0.05, 0) is 61.2 Å². The van der Waals surface area contributed by atoms with Gasteiger partial charge in [-0.15, -0.1) is 0 Å². The molecule has 3 nitrogen and oxygen atoms in total. The van der Waals surface area contributed by atoms with Crippen molar-refractivity contribution >= 4 is 5.78 Å². The molecule has 0 aliphatic heterocycles. The van der Waals surface area contributed by atoms with E-state index in [1.54, 1.807) is 0 Å². The van der Waals surface area contributed by atoms with Gasteiger partial charge in [-0.2, -0.15) is 0 Å². The molecule has 1 spiro atoms. The standard InChI is InChI=1S/C20H30O3/c1-13-8-20-9-14(13)4-5-16(20)18(2)6-3-7-19(11-21,12-22)17(18)15(23)10-20/h14,16-17,21-22H,1,3-12H2,2H3/t14-,16+,17-,18+,20-/m1/s1. The van der Waals surface area contributed by atoms with E-state index in [1.807, 2.05) is 0 Å². The van der Waals surface area contributed by atoms with E-state index in [2.05, 4.69) is 13.5 Å². The number of aliphatic hydroxyl groups excluding tert-OH is 2. The van der Waals surface area contributed by atoms with E-state index in [0.29, 0.717) is 24.0 Å². The highest BCUT2D eigenvalue weighted by Gasteiger charge is 2.67. The predicted octanol–water partition coefficient (Wildman–Crippen LogP) is 3.10. The zero-order valence-electron chi connectivity index (χ0n) is 14.3. The molecular formula is C20H30O3. The van der Waals surface area contributed by atoms with Crippen molar-refractivity contribution in [1.29, 1.82) is 0 Å². The molecule has 23 heavy (non-hydrogen) atoms. The van der Waals surface area contributed by atoms with Crippen molar-refractivity contribution in [3.05, 3.63) is 12.2 Å². The Hall–Kier alpha value is -0.670. The molecule has 0 radical (unpaired) electrons. The normalized spacial score (nSPS) is 48.0. The first-order valence-electron chi connectivity index (χ1n) is 9.33. The maximum Gasteiger partial charge on any atom is 0.137 e. The Balaban J connectivity index is 1.80. The van der Waals surface area contributed by atoms with Crippen molar-refractivity contribution in [3.8, 4) is 0 Å². The number of Topliss-reactive ketones (excluding diaryl/α,β-unsaturated/α-hetero) is 1. The SMILES string of the molecule is C=C1C[C@@]23CC(=O)[C@H]4C(CO)(CO)CCC[C@@]4(C)[C@@H]2CC[C@@H]1C3. The van der Waals surface area contributed by atoms with Crippen LogP contribution in [0.15, 0.2) is 12.2 Å². The number of hydrogen-bond acceptors (Lipinski definition) is 3. The van der Waals surface area contributed by atoms with Gasteiger partial charge >= 0.3 is 0 Å². The van der Waals surface area contributed by atoms with Crippen LogP contribution in [0.3, 0.4) is 0 Å². The van der Waals surface area contributed by atoms with Gasteiger partial charge in [-0.3, -0.25) is 4.79 Å². The van der Waals surface area contributed by atoms with E-state index >= 15 is 0 Å². The number of fused-ring (bicyclic) bond motifs is 3. The first-order chi connectivity index (χ1) is 10.9. The monoisotopic (exact) mass is 318 g/mol. The zero-order chi connectivity index (χ0) is 16.5. The van der Waals surface area contributed by atoms with E-state index in [-0.39, 0.29) is 30.0 Å². The Morgan fingerprint density at radius 2 is 1.91 bits per heavy atom. The summed E-state index contributed by atoms with van der Waals surface area (Å²) in [5.41, 5.74) is 0.845. The van der Waals surface area contributed by atoms with Gasteiger partial charge in [-0.1, -0.05) is 25.5 Å². The van der Waals surface area contributed by atoms with Gasteiger partial charge in [0.2, 0.25) is 0 Å². The van der Waals surface area contributed by atoms with Gasteiger partial charge in [0.15, 0.2) is 0 Å². The molecule has 0 aromatic rings. The molecule has 4 fully saturated rings. The quantitative estimate of drug-likeness (QED) is 0.769. The second kappa shape index (κ2) is 4.92. The van der Waals surface area contributed by atoms with Crippen molar-refractivity contribution in [3.63, 3.8) is 0 Å². The zero-order valence-corrected chi connectivity index (χ0v) is 14.3. The smallest absolute Gasteiger partial charge is 0.137 e. The molecule has 0 amide bonds. The number of aliphatic hydroxyl groups is 2. The molecule has 4 aliphatic rings. The van der Waals surface area contributed by atoms with Gasteiger partial charge in [0.05, 0.1) is 13.2 Å². The van der Waals surface area contributed by atoms with Crippen LogP contribution in [0.1, 0.15) is 58.3 Å². The van der Waals surface area contributed by atoms with Crippen LogP contribution < -0.4 is 0 Å². The van der Waals surface area contributed by atoms with Crippen LogP contribution >= 0.6 is 0 Å². The number of hydrogen-bond donors (Lipinski definition) is 2. The molecule has 2 N–H and O–H groups in total. The van der Waals surface area contributed by atoms with Gasteiger partial charge in [0.1, 0.15) is 5.78 Å². The first kappa shape index (κ1) is 15.8. The van der Waals surface area contributed by atoms with Gasteiger partial charge in [-0.25, -0.2) is 0 Å². The molecular weight excluding hydrogens is 288 g/mol. The number of rotatable bonds is 2. The molecule has 3 heteroatoms. The van der Waals surface area contributed by atoms with Crippen LogP contribution in [0.4, 0.5) is 0 Å². The summed E-state index contributed by atoms with van der Waals surface area (Å²) in [5.74, 6) is 1.32. The molecule has 2 bridgehead atoms. The van der Waals surface area contributed by atoms with Crippen molar-refractivity contribution in [1.82, 2.24) is 0 Å². The van der Waals surface area contributed by atoms with Crippen molar-refractivity contribution < 1.29 is 15.0 Å². The average Bonchev–Trinajstić information content (AvgIpc) is 2.75. The summed E-state index contributed by atoms with van der Waals surface area (Å²) in [6.45, 7) is 6.47. The molecule has 0 unspecified atom stereocenters. The lowest BCUT2D eigenvalue weighted by atomic mass is 9.40. The van der Waals surface area contributed by atoms with Gasteiger partial charge in [0, 0.05) is 17.8 Å². The highest BCUT2D eigenvalue weighted by molar-refractivity contribution is 5.85. The van der Waals surface area contributed by atoms with Crippen LogP contribution in [0, 0.1) is 34.0 Å². The molecule has 0 aromatic carbocycles. The third-order valence-corrected chi connectivity index (χ3v) is 8.29. The number of carbonyl (C=O) groups is 1. The topological polar surface area (TPSA) is 57.5 Å². The largest absolute Gasteiger partial charge is 0.396 e. The molecule has 0 aromatic heterocycles. The summed E-state index contributed by atoms with van der Waals surface area (Å²) < 4.78 is 0. The van der Waals surface area contributed by atoms with Crippen molar-refractivity contribution in [2.24, 2.45) is 34.0 Å². The van der Waals surface area contributed by atoms with Crippen LogP contribution in [0.25, 0.3) is 0 Å². The number of carbonyl (C=O) groups excluding carboxylic acids is 1. The van der Waals surface area contributed by atoms with E-state index < -0.39 is 5.41 Å². The summed E-state index contributed by atoms with van der Waals surface area (Å²) in [6.07, 6.45) is 8.09. The second-order valence-corrected chi connectivity index (χ2v) is 9.34. The molecule has 0 heterocycles. The van der Waals surface area contributed by atoms with Crippen LogP contribution in [0.2, 0.25) is 0 Å². The van der Waals surface area contributed by atoms with Crippen LogP contribution in [-0.4, -0.2) is 29.2 Å². The van der Waals surface area contributed by atoms with Crippen LogP contribution in [0.5, 0.6) is 0 Å². The molecule has 4 aliphatic carbocycles. The third kappa shape index (κ3) is 1.87. The van der Waals surface area contributed by atoms with Crippen LogP contribution in [-0.2, 0) is 4.79 Å². The Kier molecular flexibility index (Phi) is 3.39. The maximum atomic E-state index is 13.3. The lowest BCUT2D eigenvalue weighted by Gasteiger charge is -2.63. The first-order valence-corrected chi connectivity index (χ1v) is 9.33. The highest BCUT2D eigenvalue weighted by atomic mass is 16.3. The fraction of sp³-hybridized carbons (Fsp3) is 0.850. The number of allylic oxidation sites excluding steroid dienone is 1. The lowest BCUT2D eigenvalue weighted by molar-refractivity contribution is -0.184. The van der Waals surface area contributed by atoms with E-state index in [4.69, 9.17) is 0 Å². The second-order valence-electron chi connectivity index (χ2n) is 9.34. The van der Waals surface area contributed by atoms with Crippen molar-refractivity contribution in [2.75, 3.05) is 13.2 Å². The van der Waals surface area contributed by atoms with Crippen molar-refractivity contribution in [2.45, 2.75) is 58.3 Å². The summed E-state index contributed by atoms with van der Waals surface area (Å²) >= 11 is 0. The molecule has 0 saturated heterocycles. The lowest BCUT2D eigenvalue weighted by Crippen LogP contribution is -2.62. The summed E-state index contributed by atoms with van der Waals surface area (Å²) in [6, 6.07) is 0. The Bertz CT molecular complexity index is 549. The molecule has 4 rings (SSSR count). The highest BCUT2D eigenvalue weighted by Crippen LogP contribution is 2.71. The Morgan fingerprint density at radius 1 is 1.17 bits per heavy atom. The van der Waals surface area contributed by atoms with E-state index in [0.717, 1.165) is 32.1 Å². The Labute approximate surface area is 139 Å². The molecule has 128 valence electrons. The van der Waals surface area contributed by atoms with E-state index in [9.17, 15) is 15.0 Å². The predicted molar refractivity (Wildman–Crippen MR) is 88.7 cm³/mol. The van der Waals surface area contributed by atoms with Gasteiger partial charge < -0.3 is 10.2 Å². The van der Waals surface area contributed by atoms with Gasteiger partial charge in [0.25, 0.3) is 0 Å². The maximum absolute atomic E-state index is 13.3. The fourth-order valence-corrected chi connectivity index (χ4v) is 7.57. The fourth-order valence-electron chi connectivity index (χ4n) is 7.57. The minimum Gasteiger partial charge on any atom is -0.396 e. The summed E-state index contributed by atoms with van der Waals surface area (Å²) in [7, 11) is 0.